The van der Waals surface area contributed by atoms with Crippen LogP contribution in [0.25, 0.3) is 43.6 Å². The molecule has 0 aliphatic carbocycles. The number of aromatic nitrogens is 3. The smallest absolute Gasteiger partial charge is 0.276 e. The summed E-state index contributed by atoms with van der Waals surface area (Å²) in [5.74, 6) is -1.43. The number of nitrogens with one attached hydrogen (secondary N) is 3. The number of rotatable bonds is 5. The van der Waals surface area contributed by atoms with Gasteiger partial charge in [0.2, 0.25) is 0 Å². The van der Waals surface area contributed by atoms with Crippen molar-refractivity contribution in [3.8, 4) is 11.5 Å². The zero-order chi connectivity index (χ0) is 31.3. The van der Waals surface area contributed by atoms with E-state index in [2.05, 4.69) is 15.4 Å². The molecule has 3 aromatic carbocycles. The molecule has 2 aliphatic rings. The molecule has 230 valence electrons. The highest BCUT2D eigenvalue weighted by Crippen LogP contribution is 2.47. The topological polar surface area (TPSA) is 217 Å². The Bertz CT molecular complexity index is 2180. The van der Waals surface area contributed by atoms with Gasteiger partial charge in [0.25, 0.3) is 11.8 Å². The molecule has 6 aromatic rings. The summed E-state index contributed by atoms with van der Waals surface area (Å²) in [4.78, 5) is 34.6. The third-order valence-corrected chi connectivity index (χ3v) is 8.80. The second-order valence-electron chi connectivity index (χ2n) is 11.3. The highest BCUT2D eigenvalue weighted by Gasteiger charge is 2.47. The number of nitrogens with zero attached hydrogens (tertiary/aromatic N) is 2. The Labute approximate surface area is 252 Å². The number of aliphatic hydroxyl groups excluding tert-OH is 4. The third-order valence-electron chi connectivity index (χ3n) is 8.80. The van der Waals surface area contributed by atoms with E-state index < -0.39 is 49.1 Å². The standard InChI is InChI=1S/C31H27N5O9/c37-11-19-26(40)27(41)28(42)31(45-19)35-18-9-14(39)4-6-16(18)21-23-22(29(43)36(30(23)44)33-10-12-2-1-7-32-12)20-15-5-3-13(38)8-17(15)34-24(20)25(21)35/h1-9,19,26-28,31-34,37-42H,10-11H2. The van der Waals surface area contributed by atoms with Crippen LogP contribution in [0, 0.1) is 0 Å². The molecule has 0 bridgehead atoms. The van der Waals surface area contributed by atoms with Gasteiger partial charge in [0, 0.05) is 45.6 Å². The van der Waals surface area contributed by atoms with Crippen LogP contribution in [-0.2, 0) is 11.3 Å². The molecular weight excluding hydrogens is 586 g/mol. The number of carbonyl (C=O) groups excluding carboxylic acids is 2. The normalized spacial score (nSPS) is 23.7. The lowest BCUT2D eigenvalue weighted by atomic mass is 9.96. The molecule has 45 heavy (non-hydrogen) atoms. The van der Waals surface area contributed by atoms with Crippen LogP contribution < -0.4 is 5.43 Å². The Hall–Kier alpha value is -4.96. The van der Waals surface area contributed by atoms with Gasteiger partial charge in [-0.25, -0.2) is 10.4 Å². The van der Waals surface area contributed by atoms with E-state index in [1.165, 1.54) is 28.8 Å². The maximum Gasteiger partial charge on any atom is 0.276 e. The van der Waals surface area contributed by atoms with Crippen LogP contribution in [0.15, 0.2) is 54.7 Å². The number of hydrogen-bond donors (Lipinski definition) is 9. The number of aromatic hydroxyl groups is 2. The number of hydrogen-bond acceptors (Lipinski definition) is 10. The summed E-state index contributed by atoms with van der Waals surface area (Å²) < 4.78 is 7.46. The van der Waals surface area contributed by atoms with Gasteiger partial charge in [-0.2, -0.15) is 0 Å². The molecule has 5 heterocycles. The number of ether oxygens (including phenoxy) is 1. The minimum Gasteiger partial charge on any atom is -0.508 e. The highest BCUT2D eigenvalue weighted by atomic mass is 16.6. The number of aliphatic hydroxyl groups is 4. The second kappa shape index (κ2) is 9.77. The summed E-state index contributed by atoms with van der Waals surface area (Å²) in [7, 11) is 0. The summed E-state index contributed by atoms with van der Waals surface area (Å²) in [6.07, 6.45) is -6.00. The molecule has 3 aromatic heterocycles. The molecule has 1 fully saturated rings. The molecule has 0 spiro atoms. The van der Waals surface area contributed by atoms with Gasteiger partial charge in [0.15, 0.2) is 6.23 Å². The number of amides is 2. The van der Waals surface area contributed by atoms with Crippen LogP contribution in [0.4, 0.5) is 0 Å². The Balaban J connectivity index is 1.49. The third kappa shape index (κ3) is 3.78. The Morgan fingerprint density at radius 1 is 0.867 bits per heavy atom. The van der Waals surface area contributed by atoms with Gasteiger partial charge in [-0.15, -0.1) is 0 Å². The fourth-order valence-corrected chi connectivity index (χ4v) is 6.76. The molecule has 14 heteroatoms. The van der Waals surface area contributed by atoms with Gasteiger partial charge >= 0.3 is 0 Å². The van der Waals surface area contributed by atoms with Crippen LogP contribution in [0.5, 0.6) is 11.5 Å². The van der Waals surface area contributed by atoms with E-state index in [0.717, 1.165) is 10.7 Å². The number of aromatic amines is 2. The molecular formula is C31H27N5O9. The Morgan fingerprint density at radius 2 is 1.58 bits per heavy atom. The van der Waals surface area contributed by atoms with Crippen LogP contribution in [0.2, 0.25) is 0 Å². The minimum absolute atomic E-state index is 0.0435. The quantitative estimate of drug-likeness (QED) is 0.128. The lowest BCUT2D eigenvalue weighted by Crippen LogP contribution is -2.56. The number of imide groups is 1. The lowest BCUT2D eigenvalue weighted by molar-refractivity contribution is -0.249. The van der Waals surface area contributed by atoms with Crippen LogP contribution in [0.3, 0.4) is 0 Å². The van der Waals surface area contributed by atoms with E-state index in [9.17, 15) is 40.2 Å². The van der Waals surface area contributed by atoms with Crippen LogP contribution >= 0.6 is 0 Å². The van der Waals surface area contributed by atoms with E-state index in [4.69, 9.17) is 4.74 Å². The summed E-state index contributed by atoms with van der Waals surface area (Å²) >= 11 is 0. The molecule has 1 saturated heterocycles. The molecule has 2 aliphatic heterocycles. The van der Waals surface area contributed by atoms with Crippen molar-refractivity contribution in [2.45, 2.75) is 37.2 Å². The minimum atomic E-state index is -1.72. The number of fused-ring (bicyclic) bond motifs is 10. The summed E-state index contributed by atoms with van der Waals surface area (Å²) in [5, 5.41) is 65.8. The molecule has 8 rings (SSSR count). The SMILES string of the molecule is O=C1c2c(c3c4ccc(O)cc4n(C4OC(CO)C(O)C(O)C4O)c3c3[nH]c4cc(O)ccc4c23)C(=O)N1NCc1ccc[nH]1. The van der Waals surface area contributed by atoms with Crippen molar-refractivity contribution < 1.29 is 45.0 Å². The average molecular weight is 614 g/mol. The first-order valence-corrected chi connectivity index (χ1v) is 14.2. The molecule has 9 N–H and O–H groups in total. The molecule has 0 radical (unpaired) electrons. The van der Waals surface area contributed by atoms with Gasteiger partial charge in [-0.3, -0.25) is 9.59 Å². The molecule has 5 unspecified atom stereocenters. The van der Waals surface area contributed by atoms with E-state index in [1.54, 1.807) is 30.5 Å². The van der Waals surface area contributed by atoms with Crippen molar-refractivity contribution in [2.24, 2.45) is 0 Å². The average Bonchev–Trinajstić information content (AvgIpc) is 3.79. The first kappa shape index (κ1) is 27.6. The second-order valence-corrected chi connectivity index (χ2v) is 11.3. The predicted molar refractivity (Wildman–Crippen MR) is 159 cm³/mol. The Kier molecular flexibility index (Phi) is 5.99. The van der Waals surface area contributed by atoms with E-state index in [1.807, 2.05) is 0 Å². The van der Waals surface area contributed by atoms with Crippen molar-refractivity contribution in [2.75, 3.05) is 6.61 Å². The molecule has 5 atom stereocenters. The number of hydrazine groups is 1. The van der Waals surface area contributed by atoms with E-state index >= 15 is 0 Å². The Morgan fingerprint density at radius 3 is 2.29 bits per heavy atom. The number of carbonyl (C=O) groups is 2. The first-order valence-electron chi connectivity index (χ1n) is 14.2. The van der Waals surface area contributed by atoms with Gasteiger partial charge in [-0.1, -0.05) is 0 Å². The molecule has 14 nitrogen and oxygen atoms in total. The number of phenolic OH excluding ortho intramolecular Hbond substituents is 2. The molecule has 0 saturated carbocycles. The van der Waals surface area contributed by atoms with Crippen molar-refractivity contribution >= 4 is 55.4 Å². The van der Waals surface area contributed by atoms with Crippen molar-refractivity contribution in [1.82, 2.24) is 25.0 Å². The largest absolute Gasteiger partial charge is 0.508 e. The van der Waals surface area contributed by atoms with Crippen molar-refractivity contribution in [3.05, 3.63) is 71.5 Å². The van der Waals surface area contributed by atoms with Gasteiger partial charge < -0.3 is 49.9 Å². The fourth-order valence-electron chi connectivity index (χ4n) is 6.76. The monoisotopic (exact) mass is 613 g/mol. The zero-order valence-electron chi connectivity index (χ0n) is 23.3. The van der Waals surface area contributed by atoms with Crippen molar-refractivity contribution in [3.63, 3.8) is 0 Å². The van der Waals surface area contributed by atoms with E-state index in [-0.39, 0.29) is 40.2 Å². The van der Waals surface area contributed by atoms with Crippen LogP contribution in [0.1, 0.15) is 32.6 Å². The number of H-pyrrole nitrogens is 2. The summed E-state index contributed by atoms with van der Waals surface area (Å²) in [6, 6.07) is 12.5. The molecule has 2 amide bonds. The van der Waals surface area contributed by atoms with E-state index in [0.29, 0.717) is 32.6 Å². The lowest BCUT2D eigenvalue weighted by Gasteiger charge is -2.41. The maximum absolute atomic E-state index is 14.2. The summed E-state index contributed by atoms with van der Waals surface area (Å²) in [6.45, 7) is -0.526. The van der Waals surface area contributed by atoms with Gasteiger partial charge in [-0.05, 0) is 36.4 Å². The van der Waals surface area contributed by atoms with Crippen LogP contribution in [-0.4, -0.2) is 93.0 Å². The zero-order valence-corrected chi connectivity index (χ0v) is 23.3. The van der Waals surface area contributed by atoms with Gasteiger partial charge in [0.05, 0.1) is 46.3 Å². The van der Waals surface area contributed by atoms with Gasteiger partial charge in [0.1, 0.15) is 35.9 Å². The highest BCUT2D eigenvalue weighted by molar-refractivity contribution is 6.39. The maximum atomic E-state index is 14.2. The van der Waals surface area contributed by atoms with Crippen molar-refractivity contribution in [1.29, 1.82) is 0 Å². The number of benzene rings is 3. The first-order chi connectivity index (χ1) is 21.7. The predicted octanol–water partition coefficient (Wildman–Crippen LogP) is 1.44. The fraction of sp³-hybridized carbons (Fsp3) is 0.226. The summed E-state index contributed by atoms with van der Waals surface area (Å²) in [5.41, 5.74) is 5.20. The number of phenols is 2.